The summed E-state index contributed by atoms with van der Waals surface area (Å²) in [6, 6.07) is -0.418. The molecular weight excluding hydrogens is 226 g/mol. The normalized spacial score (nSPS) is 9.71. The Kier molecular flexibility index (Phi) is 5.49. The zero-order chi connectivity index (χ0) is 12.5. The van der Waals surface area contributed by atoms with Crippen molar-refractivity contribution in [2.24, 2.45) is 0 Å². The average molecular weight is 241 g/mol. The molecule has 8 heteroatoms. The van der Waals surface area contributed by atoms with Crippen LogP contribution in [0.5, 0.6) is 0 Å². The van der Waals surface area contributed by atoms with Gasteiger partial charge in [-0.05, 0) is 6.92 Å². The molecular formula is C9H15N5O3. The lowest BCUT2D eigenvalue weighted by molar-refractivity contribution is -0.141. The lowest BCUT2D eigenvalue weighted by Crippen LogP contribution is -2.40. The number of nitrogens with one attached hydrogen (secondary N) is 2. The van der Waals surface area contributed by atoms with E-state index in [1.165, 1.54) is 0 Å². The number of carbonyl (C=O) groups is 2. The predicted molar refractivity (Wildman–Crippen MR) is 58.1 cm³/mol. The fourth-order valence-corrected chi connectivity index (χ4v) is 1.06. The molecule has 94 valence electrons. The topological polar surface area (TPSA) is 98.1 Å². The third-order valence-electron chi connectivity index (χ3n) is 1.80. The summed E-state index contributed by atoms with van der Waals surface area (Å²) in [4.78, 5) is 22.1. The lowest BCUT2D eigenvalue weighted by Gasteiger charge is -2.06. The minimum absolute atomic E-state index is 0.136. The number of rotatable bonds is 6. The Bertz CT molecular complexity index is 352. The van der Waals surface area contributed by atoms with Crippen molar-refractivity contribution in [3.05, 3.63) is 12.4 Å². The fraction of sp³-hybridized carbons (Fsp3) is 0.556. The van der Waals surface area contributed by atoms with Gasteiger partial charge >= 0.3 is 12.0 Å². The quantitative estimate of drug-likeness (QED) is 0.631. The van der Waals surface area contributed by atoms with Crippen LogP contribution in [0.2, 0.25) is 0 Å². The van der Waals surface area contributed by atoms with E-state index in [4.69, 9.17) is 0 Å². The second-order valence-electron chi connectivity index (χ2n) is 3.08. The van der Waals surface area contributed by atoms with Crippen LogP contribution in [0.3, 0.4) is 0 Å². The van der Waals surface area contributed by atoms with Crippen molar-refractivity contribution >= 4 is 12.0 Å². The maximum atomic E-state index is 11.2. The van der Waals surface area contributed by atoms with Crippen molar-refractivity contribution in [2.75, 3.05) is 19.7 Å². The van der Waals surface area contributed by atoms with Crippen LogP contribution in [-0.2, 0) is 16.1 Å². The molecule has 8 nitrogen and oxygen atoms in total. The van der Waals surface area contributed by atoms with Gasteiger partial charge in [-0.3, -0.25) is 9.48 Å². The third-order valence-corrected chi connectivity index (χ3v) is 1.80. The second-order valence-corrected chi connectivity index (χ2v) is 3.08. The van der Waals surface area contributed by atoms with E-state index in [0.717, 1.165) is 0 Å². The number of hydrogen-bond donors (Lipinski definition) is 2. The number of urea groups is 1. The van der Waals surface area contributed by atoms with Crippen LogP contribution < -0.4 is 10.6 Å². The largest absolute Gasteiger partial charge is 0.465 e. The number of amides is 2. The Balaban J connectivity index is 2.07. The minimum atomic E-state index is -0.459. The average Bonchev–Trinajstić information content (AvgIpc) is 2.80. The van der Waals surface area contributed by atoms with Gasteiger partial charge in [0.15, 0.2) is 0 Å². The maximum absolute atomic E-state index is 11.2. The van der Waals surface area contributed by atoms with Crippen LogP contribution >= 0.6 is 0 Å². The van der Waals surface area contributed by atoms with Gasteiger partial charge in [0.1, 0.15) is 6.54 Å². The molecule has 0 aliphatic rings. The number of nitrogens with zero attached hydrogens (tertiary/aromatic N) is 3. The SMILES string of the molecule is CCOC(=O)CNC(=O)NCCn1ccnn1. The van der Waals surface area contributed by atoms with E-state index >= 15 is 0 Å². The zero-order valence-corrected chi connectivity index (χ0v) is 9.55. The summed E-state index contributed by atoms with van der Waals surface area (Å²) in [6.07, 6.45) is 3.25. The highest BCUT2D eigenvalue weighted by atomic mass is 16.5. The number of ether oxygens (including phenoxy) is 1. The van der Waals surface area contributed by atoms with Gasteiger partial charge in [-0.1, -0.05) is 5.21 Å². The number of hydrogen-bond acceptors (Lipinski definition) is 5. The number of esters is 1. The van der Waals surface area contributed by atoms with Gasteiger partial charge in [0.25, 0.3) is 0 Å². The van der Waals surface area contributed by atoms with Crippen molar-refractivity contribution in [1.29, 1.82) is 0 Å². The first kappa shape index (κ1) is 12.9. The first-order chi connectivity index (χ1) is 8.22. The van der Waals surface area contributed by atoms with E-state index < -0.39 is 12.0 Å². The molecule has 0 aliphatic carbocycles. The Labute approximate surface area is 98.3 Å². The van der Waals surface area contributed by atoms with E-state index in [1.54, 1.807) is 24.0 Å². The molecule has 0 radical (unpaired) electrons. The van der Waals surface area contributed by atoms with E-state index in [9.17, 15) is 9.59 Å². The molecule has 0 bridgehead atoms. The van der Waals surface area contributed by atoms with E-state index in [2.05, 4.69) is 25.7 Å². The fourth-order valence-electron chi connectivity index (χ4n) is 1.06. The van der Waals surface area contributed by atoms with Gasteiger partial charge in [-0.2, -0.15) is 0 Å². The molecule has 1 aromatic rings. The summed E-state index contributed by atoms with van der Waals surface area (Å²) in [5, 5.41) is 12.3. The van der Waals surface area contributed by atoms with E-state index in [-0.39, 0.29) is 6.54 Å². The van der Waals surface area contributed by atoms with Crippen molar-refractivity contribution in [3.8, 4) is 0 Å². The highest BCUT2D eigenvalue weighted by Crippen LogP contribution is 1.79. The molecule has 1 rings (SSSR count). The zero-order valence-electron chi connectivity index (χ0n) is 9.55. The van der Waals surface area contributed by atoms with Crippen LogP contribution in [0.4, 0.5) is 4.79 Å². The lowest BCUT2D eigenvalue weighted by atomic mass is 10.6. The molecule has 0 aliphatic heterocycles. The van der Waals surface area contributed by atoms with Crippen molar-refractivity contribution in [2.45, 2.75) is 13.5 Å². The Hall–Kier alpha value is -2.12. The first-order valence-electron chi connectivity index (χ1n) is 5.23. The smallest absolute Gasteiger partial charge is 0.325 e. The highest BCUT2D eigenvalue weighted by Gasteiger charge is 2.04. The number of aromatic nitrogens is 3. The van der Waals surface area contributed by atoms with Crippen molar-refractivity contribution in [3.63, 3.8) is 0 Å². The summed E-state index contributed by atoms with van der Waals surface area (Å²) in [6.45, 7) is 2.79. The molecule has 2 N–H and O–H groups in total. The van der Waals surface area contributed by atoms with Crippen molar-refractivity contribution < 1.29 is 14.3 Å². The Morgan fingerprint density at radius 3 is 2.88 bits per heavy atom. The molecule has 0 fully saturated rings. The van der Waals surface area contributed by atoms with Crippen LogP contribution in [0.25, 0.3) is 0 Å². The molecule has 2 amide bonds. The Morgan fingerprint density at radius 1 is 1.41 bits per heavy atom. The maximum Gasteiger partial charge on any atom is 0.325 e. The van der Waals surface area contributed by atoms with Gasteiger partial charge in [-0.25, -0.2) is 4.79 Å². The molecule has 17 heavy (non-hydrogen) atoms. The van der Waals surface area contributed by atoms with Gasteiger partial charge in [0.2, 0.25) is 0 Å². The van der Waals surface area contributed by atoms with E-state index in [0.29, 0.717) is 19.7 Å². The molecule has 0 atom stereocenters. The summed E-state index contributed by atoms with van der Waals surface area (Å²) in [5.74, 6) is -0.459. The molecule has 0 spiro atoms. The van der Waals surface area contributed by atoms with Gasteiger partial charge in [0, 0.05) is 12.7 Å². The van der Waals surface area contributed by atoms with Gasteiger partial charge < -0.3 is 15.4 Å². The van der Waals surface area contributed by atoms with Crippen LogP contribution in [0.1, 0.15) is 6.92 Å². The molecule has 0 saturated carbocycles. The van der Waals surface area contributed by atoms with E-state index in [1.807, 2.05) is 0 Å². The summed E-state index contributed by atoms with van der Waals surface area (Å²) in [7, 11) is 0. The van der Waals surface area contributed by atoms with Crippen LogP contribution in [0.15, 0.2) is 12.4 Å². The number of carbonyl (C=O) groups excluding carboxylic acids is 2. The molecule has 1 aromatic heterocycles. The Morgan fingerprint density at radius 2 is 2.24 bits per heavy atom. The van der Waals surface area contributed by atoms with Crippen LogP contribution in [-0.4, -0.2) is 46.7 Å². The predicted octanol–water partition coefficient (Wildman–Crippen LogP) is -0.860. The minimum Gasteiger partial charge on any atom is -0.465 e. The highest BCUT2D eigenvalue weighted by molar-refractivity contribution is 5.80. The van der Waals surface area contributed by atoms with Crippen molar-refractivity contribution in [1.82, 2.24) is 25.6 Å². The second kappa shape index (κ2) is 7.20. The molecule has 1 heterocycles. The molecule has 0 saturated heterocycles. The van der Waals surface area contributed by atoms with Crippen LogP contribution in [0, 0.1) is 0 Å². The standard InChI is InChI=1S/C9H15N5O3/c1-2-17-8(15)7-11-9(16)10-3-5-14-6-4-12-13-14/h4,6H,2-3,5,7H2,1H3,(H2,10,11,16). The monoisotopic (exact) mass is 241 g/mol. The summed E-state index contributed by atoms with van der Waals surface area (Å²) in [5.41, 5.74) is 0. The van der Waals surface area contributed by atoms with Gasteiger partial charge in [-0.15, -0.1) is 5.10 Å². The molecule has 0 unspecified atom stereocenters. The molecule has 0 aromatic carbocycles. The summed E-state index contributed by atoms with van der Waals surface area (Å²) >= 11 is 0. The summed E-state index contributed by atoms with van der Waals surface area (Å²) < 4.78 is 6.24. The third kappa shape index (κ3) is 5.50. The van der Waals surface area contributed by atoms with Gasteiger partial charge in [0.05, 0.1) is 19.3 Å². The first-order valence-corrected chi connectivity index (χ1v) is 5.23.